The largest absolute Gasteiger partial charge is 0.337 e. The van der Waals surface area contributed by atoms with Gasteiger partial charge in [-0.15, -0.1) is 0 Å². The van der Waals surface area contributed by atoms with Gasteiger partial charge in [-0.3, -0.25) is 4.79 Å². The third-order valence-electron chi connectivity index (χ3n) is 2.73. The van der Waals surface area contributed by atoms with Crippen LogP contribution in [0, 0.1) is 5.82 Å². The van der Waals surface area contributed by atoms with E-state index in [4.69, 9.17) is 11.6 Å². The third kappa shape index (κ3) is 3.02. The predicted octanol–water partition coefficient (Wildman–Crippen LogP) is 2.43. The molecule has 0 aliphatic carbocycles. The van der Waals surface area contributed by atoms with Crippen molar-refractivity contribution in [3.05, 3.63) is 45.2 Å². The number of carbonyl (C=O) groups excluding carboxylic acids is 1. The molecule has 0 fully saturated rings. The zero-order chi connectivity index (χ0) is 14.0. The van der Waals surface area contributed by atoms with E-state index in [1.165, 1.54) is 29.0 Å². The third-order valence-corrected chi connectivity index (χ3v) is 3.97. The van der Waals surface area contributed by atoms with Crippen LogP contribution in [0.3, 0.4) is 0 Å². The lowest BCUT2D eigenvalue weighted by Gasteiger charge is -2.18. The van der Waals surface area contributed by atoms with Gasteiger partial charge in [0.25, 0.3) is 5.91 Å². The second-order valence-corrected chi connectivity index (χ2v) is 5.37. The topological polar surface area (TPSA) is 44.4 Å². The molecule has 1 aromatic rings. The van der Waals surface area contributed by atoms with Crippen LogP contribution < -0.4 is 10.3 Å². The van der Waals surface area contributed by atoms with E-state index in [2.05, 4.69) is 10.3 Å². The van der Waals surface area contributed by atoms with Crippen molar-refractivity contribution in [1.82, 2.24) is 15.2 Å². The molecule has 4 nitrogen and oxygen atoms in total. The molecule has 19 heavy (non-hydrogen) atoms. The standard InChI is InChI=1S/C12H13ClFN3OS/c1-7-11(19-16-15-7)12(18)17(2)6-8-9(13)4-3-5-10(8)14/h3-5,15-16H,6H2,1-2H3. The van der Waals surface area contributed by atoms with E-state index in [-0.39, 0.29) is 12.5 Å². The summed E-state index contributed by atoms with van der Waals surface area (Å²) in [5, 5.41) is 0.320. The van der Waals surface area contributed by atoms with Crippen LogP contribution in [0.2, 0.25) is 5.02 Å². The van der Waals surface area contributed by atoms with Crippen molar-refractivity contribution in [1.29, 1.82) is 0 Å². The minimum absolute atomic E-state index is 0.127. The summed E-state index contributed by atoms with van der Waals surface area (Å²) in [6.07, 6.45) is 0. The molecule has 0 atom stereocenters. The molecule has 1 amide bonds. The number of nitrogens with zero attached hydrogens (tertiary/aromatic N) is 1. The molecule has 1 heterocycles. The number of hydrogen-bond acceptors (Lipinski definition) is 4. The molecule has 1 aromatic carbocycles. The first-order valence-corrected chi connectivity index (χ1v) is 6.77. The highest BCUT2D eigenvalue weighted by Crippen LogP contribution is 2.25. The normalized spacial score (nSPS) is 14.5. The Bertz CT molecular complexity index is 530. The summed E-state index contributed by atoms with van der Waals surface area (Å²) < 4.78 is 13.7. The predicted molar refractivity (Wildman–Crippen MR) is 74.4 cm³/mol. The van der Waals surface area contributed by atoms with Crippen molar-refractivity contribution in [3.8, 4) is 0 Å². The molecule has 0 saturated carbocycles. The summed E-state index contributed by atoms with van der Waals surface area (Å²) in [6, 6.07) is 4.48. The number of benzene rings is 1. The molecule has 0 spiro atoms. The van der Waals surface area contributed by atoms with Crippen LogP contribution in [-0.4, -0.2) is 17.9 Å². The SMILES string of the molecule is CC1=C(C(=O)N(C)Cc2c(F)cccc2Cl)SNN1. The number of hydrogen-bond donors (Lipinski definition) is 2. The zero-order valence-electron chi connectivity index (χ0n) is 10.5. The van der Waals surface area contributed by atoms with Gasteiger partial charge in [0.05, 0.1) is 6.54 Å². The van der Waals surface area contributed by atoms with Gasteiger partial charge in [0, 0.05) is 23.3 Å². The molecular formula is C12H13ClFN3OS. The first-order valence-electron chi connectivity index (χ1n) is 5.57. The Kier molecular flexibility index (Phi) is 4.34. The Balaban J connectivity index is 2.15. The maximum Gasteiger partial charge on any atom is 0.263 e. The lowest BCUT2D eigenvalue weighted by atomic mass is 10.2. The zero-order valence-corrected chi connectivity index (χ0v) is 12.0. The van der Waals surface area contributed by atoms with E-state index >= 15 is 0 Å². The fourth-order valence-corrected chi connectivity index (χ4v) is 2.63. The minimum atomic E-state index is -0.409. The fraction of sp³-hybridized carbons (Fsp3) is 0.250. The summed E-state index contributed by atoms with van der Waals surface area (Å²) >= 11 is 7.15. The van der Waals surface area contributed by atoms with Gasteiger partial charge in [-0.25, -0.2) is 4.39 Å². The highest BCUT2D eigenvalue weighted by Gasteiger charge is 2.23. The first kappa shape index (κ1) is 14.2. The summed E-state index contributed by atoms with van der Waals surface area (Å²) in [6.45, 7) is 1.92. The lowest BCUT2D eigenvalue weighted by molar-refractivity contribution is -0.125. The van der Waals surface area contributed by atoms with Gasteiger partial charge < -0.3 is 10.3 Å². The van der Waals surface area contributed by atoms with Crippen LogP contribution in [0.15, 0.2) is 28.8 Å². The van der Waals surface area contributed by atoms with Crippen molar-refractivity contribution in [2.45, 2.75) is 13.5 Å². The average molecular weight is 302 g/mol. The van der Waals surface area contributed by atoms with Crippen LogP contribution >= 0.6 is 23.5 Å². The van der Waals surface area contributed by atoms with Crippen molar-refractivity contribution in [2.24, 2.45) is 0 Å². The number of rotatable bonds is 3. The molecule has 0 saturated heterocycles. The second kappa shape index (κ2) is 5.81. The maximum atomic E-state index is 13.7. The van der Waals surface area contributed by atoms with Gasteiger partial charge >= 0.3 is 0 Å². The van der Waals surface area contributed by atoms with Gasteiger partial charge in [0.15, 0.2) is 0 Å². The summed E-state index contributed by atoms with van der Waals surface area (Å²) in [7, 11) is 1.62. The molecule has 2 rings (SSSR count). The Morgan fingerprint density at radius 1 is 1.53 bits per heavy atom. The summed E-state index contributed by atoms with van der Waals surface area (Å²) in [5.74, 6) is -0.590. The highest BCUT2D eigenvalue weighted by molar-refractivity contribution is 8.02. The van der Waals surface area contributed by atoms with Crippen LogP contribution in [-0.2, 0) is 11.3 Å². The maximum absolute atomic E-state index is 13.7. The average Bonchev–Trinajstić information content (AvgIpc) is 2.79. The molecule has 1 aliphatic rings. The molecule has 102 valence electrons. The van der Waals surface area contributed by atoms with Crippen molar-refractivity contribution >= 4 is 29.5 Å². The smallest absolute Gasteiger partial charge is 0.263 e. The second-order valence-electron chi connectivity index (χ2n) is 4.14. The van der Waals surface area contributed by atoms with Gasteiger partial charge in [-0.2, -0.15) is 4.83 Å². The minimum Gasteiger partial charge on any atom is -0.337 e. The first-order chi connectivity index (χ1) is 9.00. The van der Waals surface area contributed by atoms with E-state index in [0.29, 0.717) is 15.5 Å². The van der Waals surface area contributed by atoms with E-state index in [1.807, 2.05) is 0 Å². The lowest BCUT2D eigenvalue weighted by Crippen LogP contribution is -2.27. The molecule has 1 aliphatic heterocycles. The van der Waals surface area contributed by atoms with E-state index in [0.717, 1.165) is 5.70 Å². The molecule has 0 aromatic heterocycles. The van der Waals surface area contributed by atoms with Crippen molar-refractivity contribution in [3.63, 3.8) is 0 Å². The van der Waals surface area contributed by atoms with E-state index < -0.39 is 5.82 Å². The van der Waals surface area contributed by atoms with Crippen LogP contribution in [0.5, 0.6) is 0 Å². The quantitative estimate of drug-likeness (QED) is 0.842. The summed E-state index contributed by atoms with van der Waals surface area (Å²) in [5.41, 5.74) is 3.91. The van der Waals surface area contributed by atoms with Crippen molar-refractivity contribution in [2.75, 3.05) is 7.05 Å². The van der Waals surface area contributed by atoms with Crippen LogP contribution in [0.4, 0.5) is 4.39 Å². The molecule has 0 bridgehead atoms. The highest BCUT2D eigenvalue weighted by atomic mass is 35.5. The Morgan fingerprint density at radius 2 is 2.26 bits per heavy atom. The Morgan fingerprint density at radius 3 is 2.84 bits per heavy atom. The number of halogens is 2. The number of allylic oxidation sites excluding steroid dienone is 1. The molecular weight excluding hydrogens is 289 g/mol. The monoisotopic (exact) mass is 301 g/mol. The number of carbonyl (C=O) groups is 1. The molecule has 7 heteroatoms. The molecule has 0 unspecified atom stereocenters. The van der Waals surface area contributed by atoms with Gasteiger partial charge in [-0.1, -0.05) is 17.7 Å². The number of likely N-dealkylation sites (N-methyl/N-ethyl adjacent to an activating group) is 1. The van der Waals surface area contributed by atoms with Crippen molar-refractivity contribution < 1.29 is 9.18 Å². The van der Waals surface area contributed by atoms with Gasteiger partial charge in [0.2, 0.25) is 0 Å². The number of amides is 1. The molecule has 0 radical (unpaired) electrons. The van der Waals surface area contributed by atoms with Crippen LogP contribution in [0.25, 0.3) is 0 Å². The van der Waals surface area contributed by atoms with Gasteiger partial charge in [0.1, 0.15) is 10.7 Å². The van der Waals surface area contributed by atoms with Gasteiger partial charge in [-0.05, 0) is 31.0 Å². The number of nitrogens with one attached hydrogen (secondary N) is 2. The van der Waals surface area contributed by atoms with E-state index in [1.54, 1.807) is 20.0 Å². The Hall–Kier alpha value is -1.24. The molecule has 2 N–H and O–H groups in total. The van der Waals surface area contributed by atoms with E-state index in [9.17, 15) is 9.18 Å². The number of hydrazine groups is 1. The van der Waals surface area contributed by atoms with Crippen LogP contribution in [0.1, 0.15) is 12.5 Å². The Labute approximate surface area is 120 Å². The fourth-order valence-electron chi connectivity index (χ4n) is 1.66. The summed E-state index contributed by atoms with van der Waals surface area (Å²) in [4.78, 5) is 17.0.